The Kier molecular flexibility index (Phi) is 4.88. The van der Waals surface area contributed by atoms with Crippen molar-refractivity contribution in [3.8, 4) is 5.75 Å². The van der Waals surface area contributed by atoms with Crippen molar-refractivity contribution in [1.29, 1.82) is 0 Å². The molecule has 1 fully saturated rings. The van der Waals surface area contributed by atoms with Crippen LogP contribution < -0.4 is 9.64 Å². The summed E-state index contributed by atoms with van der Waals surface area (Å²) in [6, 6.07) is 15.8. The van der Waals surface area contributed by atoms with Gasteiger partial charge in [0.2, 0.25) is 0 Å². The lowest BCUT2D eigenvalue weighted by molar-refractivity contribution is -0.122. The van der Waals surface area contributed by atoms with Crippen LogP contribution in [-0.4, -0.2) is 36.7 Å². The standard InChI is InChI=1S/C20H19N3O2S2/c1-4-23-18(24)17(19-22(2)14-10-6-8-12-16(14)26-19)27-20(23)21-13-9-5-7-11-15(13)25-3/h5-12H,4H2,1-3H3/b19-17-,21-20?. The van der Waals surface area contributed by atoms with Gasteiger partial charge in [0, 0.05) is 18.5 Å². The zero-order valence-electron chi connectivity index (χ0n) is 15.3. The molecule has 2 aliphatic rings. The molecule has 4 rings (SSSR count). The number of likely N-dealkylation sites (N-methyl/N-ethyl adjacent to an activating group) is 1. The van der Waals surface area contributed by atoms with Crippen molar-refractivity contribution >= 4 is 46.0 Å². The van der Waals surface area contributed by atoms with Crippen molar-refractivity contribution < 1.29 is 9.53 Å². The minimum atomic E-state index is -0.00157. The third kappa shape index (κ3) is 3.11. The Labute approximate surface area is 167 Å². The first kappa shape index (κ1) is 18.0. The molecule has 0 aromatic heterocycles. The second kappa shape index (κ2) is 7.32. The highest BCUT2D eigenvalue weighted by atomic mass is 32.2. The number of para-hydroxylation sites is 3. The molecule has 0 unspecified atom stereocenters. The lowest BCUT2D eigenvalue weighted by Gasteiger charge is -2.15. The van der Waals surface area contributed by atoms with Crippen molar-refractivity contribution in [3.63, 3.8) is 0 Å². The molecule has 2 aromatic rings. The molecule has 0 saturated carbocycles. The van der Waals surface area contributed by atoms with Gasteiger partial charge in [-0.25, -0.2) is 4.99 Å². The molecule has 0 atom stereocenters. The molecule has 0 spiro atoms. The van der Waals surface area contributed by atoms with Gasteiger partial charge < -0.3 is 9.64 Å². The van der Waals surface area contributed by atoms with Crippen LogP contribution in [0.3, 0.4) is 0 Å². The number of aliphatic imine (C=N–C) groups is 1. The number of fused-ring (bicyclic) bond motifs is 1. The second-order valence-corrected chi connectivity index (χ2v) is 7.99. The maximum Gasteiger partial charge on any atom is 0.269 e. The molecule has 5 nitrogen and oxygen atoms in total. The fraction of sp³-hybridized carbons (Fsp3) is 0.200. The summed E-state index contributed by atoms with van der Waals surface area (Å²) in [5, 5.41) is 1.63. The Morgan fingerprint density at radius 3 is 2.56 bits per heavy atom. The minimum Gasteiger partial charge on any atom is -0.494 e. The predicted octanol–water partition coefficient (Wildman–Crippen LogP) is 4.69. The Morgan fingerprint density at radius 2 is 1.81 bits per heavy atom. The summed E-state index contributed by atoms with van der Waals surface area (Å²) in [4.78, 5) is 23.5. The third-order valence-electron chi connectivity index (χ3n) is 4.41. The van der Waals surface area contributed by atoms with Crippen LogP contribution in [0.2, 0.25) is 0 Å². The number of carbonyl (C=O) groups is 1. The van der Waals surface area contributed by atoms with Crippen LogP contribution in [0.5, 0.6) is 5.75 Å². The summed E-state index contributed by atoms with van der Waals surface area (Å²) in [7, 11) is 3.62. The van der Waals surface area contributed by atoms with Gasteiger partial charge in [-0.2, -0.15) is 0 Å². The smallest absolute Gasteiger partial charge is 0.269 e. The minimum absolute atomic E-state index is 0.00157. The summed E-state index contributed by atoms with van der Waals surface area (Å²) in [6.07, 6.45) is 0. The van der Waals surface area contributed by atoms with Gasteiger partial charge >= 0.3 is 0 Å². The number of nitrogens with zero attached hydrogens (tertiary/aromatic N) is 3. The van der Waals surface area contributed by atoms with Crippen molar-refractivity contribution in [3.05, 3.63) is 58.5 Å². The molecule has 27 heavy (non-hydrogen) atoms. The lowest BCUT2D eigenvalue weighted by Crippen LogP contribution is -2.29. The van der Waals surface area contributed by atoms with E-state index in [4.69, 9.17) is 9.73 Å². The number of hydrogen-bond acceptors (Lipinski definition) is 6. The number of carbonyl (C=O) groups excluding carboxylic acids is 1. The molecular weight excluding hydrogens is 378 g/mol. The molecule has 0 radical (unpaired) electrons. The normalized spacial score (nSPS) is 20.6. The van der Waals surface area contributed by atoms with E-state index in [2.05, 4.69) is 17.0 Å². The van der Waals surface area contributed by atoms with E-state index < -0.39 is 0 Å². The quantitative estimate of drug-likeness (QED) is 0.703. The highest BCUT2D eigenvalue weighted by molar-refractivity contribution is 8.19. The van der Waals surface area contributed by atoms with E-state index in [-0.39, 0.29) is 5.91 Å². The van der Waals surface area contributed by atoms with Crippen molar-refractivity contribution in [2.45, 2.75) is 11.8 Å². The predicted molar refractivity (Wildman–Crippen MR) is 113 cm³/mol. The first-order chi connectivity index (χ1) is 13.1. The van der Waals surface area contributed by atoms with E-state index in [0.717, 1.165) is 21.3 Å². The van der Waals surface area contributed by atoms with Gasteiger partial charge in [0.15, 0.2) is 5.17 Å². The van der Waals surface area contributed by atoms with Crippen LogP contribution >= 0.6 is 23.5 Å². The zero-order chi connectivity index (χ0) is 19.0. The molecule has 1 saturated heterocycles. The maximum absolute atomic E-state index is 13.1. The average molecular weight is 398 g/mol. The Morgan fingerprint density at radius 1 is 1.07 bits per heavy atom. The lowest BCUT2D eigenvalue weighted by atomic mass is 10.3. The number of thioether (sulfide) groups is 2. The first-order valence-electron chi connectivity index (χ1n) is 8.60. The van der Waals surface area contributed by atoms with Crippen molar-refractivity contribution in [2.75, 3.05) is 25.6 Å². The number of anilines is 1. The summed E-state index contributed by atoms with van der Waals surface area (Å²) >= 11 is 3.06. The van der Waals surface area contributed by atoms with Crippen LogP contribution in [0.1, 0.15) is 6.92 Å². The number of rotatable bonds is 3. The Hall–Kier alpha value is -2.38. The number of amidine groups is 1. The van der Waals surface area contributed by atoms with Gasteiger partial charge in [-0.3, -0.25) is 9.69 Å². The number of benzene rings is 2. The molecule has 2 aromatic carbocycles. The maximum atomic E-state index is 13.1. The third-order valence-corrected chi connectivity index (χ3v) is 6.85. The highest BCUT2D eigenvalue weighted by Gasteiger charge is 2.38. The van der Waals surface area contributed by atoms with Gasteiger partial charge in [-0.1, -0.05) is 36.0 Å². The SMILES string of the molecule is CCN1C(=O)/C(=C2/Sc3ccccc3N2C)SC1=Nc1ccccc1OC. The molecule has 2 aliphatic heterocycles. The number of hydrogen-bond donors (Lipinski definition) is 0. The number of amides is 1. The summed E-state index contributed by atoms with van der Waals surface area (Å²) < 4.78 is 5.39. The van der Waals surface area contributed by atoms with Crippen LogP contribution in [-0.2, 0) is 4.79 Å². The fourth-order valence-corrected chi connectivity index (χ4v) is 5.42. The van der Waals surface area contributed by atoms with E-state index >= 15 is 0 Å². The summed E-state index contributed by atoms with van der Waals surface area (Å²) in [5.74, 6) is 0.688. The van der Waals surface area contributed by atoms with E-state index in [1.807, 2.05) is 50.4 Å². The van der Waals surface area contributed by atoms with E-state index in [9.17, 15) is 4.79 Å². The molecular formula is C20H19N3O2S2. The van der Waals surface area contributed by atoms with Gasteiger partial charge in [-0.05, 0) is 43.0 Å². The van der Waals surface area contributed by atoms with Crippen LogP contribution in [0.15, 0.2) is 68.4 Å². The monoisotopic (exact) mass is 397 g/mol. The number of ether oxygens (including phenoxy) is 1. The zero-order valence-corrected chi connectivity index (χ0v) is 16.9. The summed E-state index contributed by atoms with van der Waals surface area (Å²) in [6.45, 7) is 2.53. The molecule has 0 bridgehead atoms. The van der Waals surface area contributed by atoms with E-state index in [0.29, 0.717) is 22.4 Å². The fourth-order valence-electron chi connectivity index (χ4n) is 3.02. The van der Waals surface area contributed by atoms with Gasteiger partial charge in [0.1, 0.15) is 16.3 Å². The Bertz CT molecular complexity index is 971. The molecule has 7 heteroatoms. The summed E-state index contributed by atoms with van der Waals surface area (Å²) in [5.41, 5.74) is 1.84. The van der Waals surface area contributed by atoms with Crippen molar-refractivity contribution in [2.24, 2.45) is 4.99 Å². The molecule has 0 aliphatic carbocycles. The number of methoxy groups -OCH3 is 1. The largest absolute Gasteiger partial charge is 0.494 e. The topological polar surface area (TPSA) is 45.1 Å². The van der Waals surface area contributed by atoms with Crippen LogP contribution in [0.4, 0.5) is 11.4 Å². The Balaban J connectivity index is 1.74. The second-order valence-electron chi connectivity index (χ2n) is 5.98. The first-order valence-corrected chi connectivity index (χ1v) is 10.2. The van der Waals surface area contributed by atoms with Crippen LogP contribution in [0.25, 0.3) is 0 Å². The highest BCUT2D eigenvalue weighted by Crippen LogP contribution is 2.50. The molecule has 0 N–H and O–H groups in total. The van der Waals surface area contributed by atoms with Gasteiger partial charge in [0.05, 0.1) is 17.8 Å². The van der Waals surface area contributed by atoms with E-state index in [1.54, 1.807) is 23.8 Å². The van der Waals surface area contributed by atoms with Crippen LogP contribution in [0, 0.1) is 0 Å². The van der Waals surface area contributed by atoms with Crippen molar-refractivity contribution in [1.82, 2.24) is 4.90 Å². The molecule has 138 valence electrons. The van der Waals surface area contributed by atoms with E-state index in [1.165, 1.54) is 11.8 Å². The van der Waals surface area contributed by atoms with Gasteiger partial charge in [-0.15, -0.1) is 0 Å². The molecule has 2 heterocycles. The average Bonchev–Trinajstić information content (AvgIpc) is 3.19. The van der Waals surface area contributed by atoms with Gasteiger partial charge in [0.25, 0.3) is 5.91 Å². The molecule has 1 amide bonds.